The second-order valence-corrected chi connectivity index (χ2v) is 3.41. The zero-order valence-electron chi connectivity index (χ0n) is 8.29. The molecule has 0 spiro atoms. The van der Waals surface area contributed by atoms with Crippen LogP contribution in [0.1, 0.15) is 19.4 Å². The van der Waals surface area contributed by atoms with E-state index in [4.69, 9.17) is 16.2 Å². The maximum atomic E-state index is 5.76. The predicted octanol–water partition coefficient (Wildman–Crippen LogP) is 1.95. The first-order valence-electron chi connectivity index (χ1n) is 4.33. The minimum Gasteiger partial charge on any atom is -0.489 e. The second-order valence-electron chi connectivity index (χ2n) is 3.41. The number of aryl methyl sites for hydroxylation is 1. The molecular formula is C10H16N2O. The summed E-state index contributed by atoms with van der Waals surface area (Å²) in [5, 5.41) is 0. The number of nitrogen functional groups attached to an aromatic ring is 2. The van der Waals surface area contributed by atoms with Gasteiger partial charge in [-0.1, -0.05) is 0 Å². The smallest absolute Gasteiger partial charge is 0.144 e. The van der Waals surface area contributed by atoms with Crippen molar-refractivity contribution in [2.75, 3.05) is 11.5 Å². The molecule has 0 aliphatic carbocycles. The van der Waals surface area contributed by atoms with Crippen LogP contribution in [0.3, 0.4) is 0 Å². The van der Waals surface area contributed by atoms with E-state index in [-0.39, 0.29) is 6.10 Å². The van der Waals surface area contributed by atoms with E-state index in [1.165, 1.54) is 0 Å². The SMILES string of the molecule is Cc1cc(N)c(OC(C)C)cc1N. The van der Waals surface area contributed by atoms with Crippen molar-refractivity contribution in [3.8, 4) is 5.75 Å². The van der Waals surface area contributed by atoms with Gasteiger partial charge < -0.3 is 16.2 Å². The largest absolute Gasteiger partial charge is 0.489 e. The van der Waals surface area contributed by atoms with Crippen LogP contribution in [0.2, 0.25) is 0 Å². The van der Waals surface area contributed by atoms with Crippen molar-refractivity contribution in [3.63, 3.8) is 0 Å². The van der Waals surface area contributed by atoms with Crippen LogP contribution in [0.15, 0.2) is 12.1 Å². The fourth-order valence-corrected chi connectivity index (χ4v) is 1.08. The normalized spacial score (nSPS) is 10.5. The summed E-state index contributed by atoms with van der Waals surface area (Å²) in [6.07, 6.45) is 0.115. The zero-order valence-corrected chi connectivity index (χ0v) is 8.29. The van der Waals surface area contributed by atoms with Crippen LogP contribution in [0.4, 0.5) is 11.4 Å². The van der Waals surface area contributed by atoms with E-state index >= 15 is 0 Å². The molecule has 0 saturated heterocycles. The number of hydrogen-bond donors (Lipinski definition) is 2. The lowest BCUT2D eigenvalue weighted by Crippen LogP contribution is -2.08. The summed E-state index contributed by atoms with van der Waals surface area (Å²) in [7, 11) is 0. The number of hydrogen-bond acceptors (Lipinski definition) is 3. The van der Waals surface area contributed by atoms with Crippen LogP contribution < -0.4 is 16.2 Å². The summed E-state index contributed by atoms with van der Waals surface area (Å²) in [5.74, 6) is 0.665. The summed E-state index contributed by atoms with van der Waals surface area (Å²) in [4.78, 5) is 0. The Morgan fingerprint density at radius 2 is 1.77 bits per heavy atom. The van der Waals surface area contributed by atoms with E-state index in [1.54, 1.807) is 6.07 Å². The lowest BCUT2D eigenvalue weighted by Gasteiger charge is -2.13. The van der Waals surface area contributed by atoms with E-state index < -0.39 is 0 Å². The first-order valence-corrected chi connectivity index (χ1v) is 4.33. The Hall–Kier alpha value is -1.38. The van der Waals surface area contributed by atoms with E-state index in [1.807, 2.05) is 26.8 Å². The first kappa shape index (κ1) is 9.71. The molecule has 13 heavy (non-hydrogen) atoms. The molecule has 0 heterocycles. The summed E-state index contributed by atoms with van der Waals surface area (Å²) >= 11 is 0. The molecule has 72 valence electrons. The highest BCUT2D eigenvalue weighted by atomic mass is 16.5. The zero-order chi connectivity index (χ0) is 10.0. The molecular weight excluding hydrogens is 164 g/mol. The van der Waals surface area contributed by atoms with Gasteiger partial charge in [0, 0.05) is 11.8 Å². The van der Waals surface area contributed by atoms with Gasteiger partial charge in [-0.15, -0.1) is 0 Å². The van der Waals surface area contributed by atoms with Crippen molar-refractivity contribution >= 4 is 11.4 Å². The Bertz CT molecular complexity index is 308. The van der Waals surface area contributed by atoms with Gasteiger partial charge in [-0.2, -0.15) is 0 Å². The van der Waals surface area contributed by atoms with Gasteiger partial charge in [0.15, 0.2) is 0 Å². The summed E-state index contributed by atoms with van der Waals surface area (Å²) in [5.41, 5.74) is 13.8. The molecule has 1 aromatic carbocycles. The molecule has 0 fully saturated rings. The Kier molecular flexibility index (Phi) is 2.66. The third-order valence-corrected chi connectivity index (χ3v) is 1.76. The molecule has 4 N–H and O–H groups in total. The van der Waals surface area contributed by atoms with Crippen LogP contribution in [-0.4, -0.2) is 6.10 Å². The molecule has 1 aromatic rings. The standard InChI is InChI=1S/C10H16N2O/c1-6(2)13-10-5-8(11)7(3)4-9(10)12/h4-6H,11-12H2,1-3H3. The summed E-state index contributed by atoms with van der Waals surface area (Å²) < 4.78 is 5.48. The van der Waals surface area contributed by atoms with Crippen LogP contribution >= 0.6 is 0 Å². The highest BCUT2D eigenvalue weighted by Gasteiger charge is 2.05. The van der Waals surface area contributed by atoms with Crippen LogP contribution in [-0.2, 0) is 0 Å². The molecule has 0 aliphatic rings. The average molecular weight is 180 g/mol. The van der Waals surface area contributed by atoms with Gasteiger partial charge in [0.1, 0.15) is 5.75 Å². The van der Waals surface area contributed by atoms with Gasteiger partial charge in [-0.3, -0.25) is 0 Å². The van der Waals surface area contributed by atoms with Crippen LogP contribution in [0.25, 0.3) is 0 Å². The van der Waals surface area contributed by atoms with E-state index in [0.717, 1.165) is 5.56 Å². The van der Waals surface area contributed by atoms with Crippen molar-refractivity contribution in [2.24, 2.45) is 0 Å². The summed E-state index contributed by atoms with van der Waals surface area (Å²) in [6.45, 7) is 5.83. The fraction of sp³-hybridized carbons (Fsp3) is 0.400. The van der Waals surface area contributed by atoms with Crippen molar-refractivity contribution in [2.45, 2.75) is 26.9 Å². The van der Waals surface area contributed by atoms with Gasteiger partial charge in [0.2, 0.25) is 0 Å². The second kappa shape index (κ2) is 3.56. The molecule has 0 amide bonds. The lowest BCUT2D eigenvalue weighted by molar-refractivity contribution is 0.244. The molecule has 0 radical (unpaired) electrons. The first-order chi connectivity index (χ1) is 6.00. The van der Waals surface area contributed by atoms with Crippen molar-refractivity contribution < 1.29 is 4.74 Å². The monoisotopic (exact) mass is 180 g/mol. The summed E-state index contributed by atoms with van der Waals surface area (Å²) in [6, 6.07) is 3.59. The quantitative estimate of drug-likeness (QED) is 0.684. The number of benzene rings is 1. The van der Waals surface area contributed by atoms with Gasteiger partial charge in [-0.25, -0.2) is 0 Å². The third-order valence-electron chi connectivity index (χ3n) is 1.76. The van der Waals surface area contributed by atoms with Gasteiger partial charge in [-0.05, 0) is 32.4 Å². The Balaban J connectivity index is 3.01. The number of ether oxygens (including phenoxy) is 1. The van der Waals surface area contributed by atoms with Crippen LogP contribution in [0, 0.1) is 6.92 Å². The molecule has 3 heteroatoms. The highest BCUT2D eigenvalue weighted by molar-refractivity contribution is 5.63. The minimum absolute atomic E-state index is 0.115. The predicted molar refractivity (Wildman–Crippen MR) is 55.8 cm³/mol. The number of nitrogens with two attached hydrogens (primary N) is 2. The molecule has 0 atom stereocenters. The van der Waals surface area contributed by atoms with Gasteiger partial charge >= 0.3 is 0 Å². The van der Waals surface area contributed by atoms with E-state index in [9.17, 15) is 0 Å². The van der Waals surface area contributed by atoms with Crippen LogP contribution in [0.5, 0.6) is 5.75 Å². The van der Waals surface area contributed by atoms with E-state index in [0.29, 0.717) is 17.1 Å². The number of anilines is 2. The molecule has 3 nitrogen and oxygen atoms in total. The lowest BCUT2D eigenvalue weighted by atomic mass is 10.1. The molecule has 1 rings (SSSR count). The van der Waals surface area contributed by atoms with E-state index in [2.05, 4.69) is 0 Å². The molecule has 0 unspecified atom stereocenters. The Labute approximate surface area is 78.7 Å². The topological polar surface area (TPSA) is 61.3 Å². The molecule has 0 aliphatic heterocycles. The van der Waals surface area contributed by atoms with Gasteiger partial charge in [0.25, 0.3) is 0 Å². The van der Waals surface area contributed by atoms with Crippen molar-refractivity contribution in [1.29, 1.82) is 0 Å². The molecule has 0 aromatic heterocycles. The minimum atomic E-state index is 0.115. The maximum Gasteiger partial charge on any atom is 0.144 e. The Morgan fingerprint density at radius 1 is 1.15 bits per heavy atom. The van der Waals surface area contributed by atoms with Gasteiger partial charge in [0.05, 0.1) is 11.8 Å². The molecule has 0 saturated carbocycles. The Morgan fingerprint density at radius 3 is 2.31 bits per heavy atom. The molecule has 0 bridgehead atoms. The number of rotatable bonds is 2. The average Bonchev–Trinajstić information content (AvgIpc) is 1.99. The van der Waals surface area contributed by atoms with Crippen molar-refractivity contribution in [1.82, 2.24) is 0 Å². The highest BCUT2D eigenvalue weighted by Crippen LogP contribution is 2.27. The third kappa shape index (κ3) is 2.28. The van der Waals surface area contributed by atoms with Crippen molar-refractivity contribution in [3.05, 3.63) is 17.7 Å². The maximum absolute atomic E-state index is 5.76. The fourth-order valence-electron chi connectivity index (χ4n) is 1.08.